The van der Waals surface area contributed by atoms with Crippen LogP contribution >= 0.6 is 0 Å². The van der Waals surface area contributed by atoms with Crippen LogP contribution in [0.2, 0.25) is 0 Å². The Hall–Kier alpha value is -1.88. The third-order valence-electron chi connectivity index (χ3n) is 2.95. The number of rotatable bonds is 7. The molecule has 0 bridgehead atoms. The summed E-state index contributed by atoms with van der Waals surface area (Å²) in [6, 6.07) is 5.91. The second kappa shape index (κ2) is 9.09. The molecule has 0 saturated carbocycles. The average Bonchev–Trinajstić information content (AvgIpc) is 2.44. The van der Waals surface area contributed by atoms with Crippen LogP contribution in [0.25, 0.3) is 6.08 Å². The van der Waals surface area contributed by atoms with E-state index >= 15 is 0 Å². The van der Waals surface area contributed by atoms with Gasteiger partial charge in [0.25, 0.3) is 0 Å². The number of benzene rings is 1. The van der Waals surface area contributed by atoms with E-state index in [4.69, 9.17) is 0 Å². The van der Waals surface area contributed by atoms with Gasteiger partial charge in [-0.15, -0.1) is 0 Å². The number of halogens is 1. The molecule has 0 saturated heterocycles. The van der Waals surface area contributed by atoms with E-state index in [0.717, 1.165) is 19.6 Å². The fourth-order valence-corrected chi connectivity index (χ4v) is 1.74. The highest BCUT2D eigenvalue weighted by Gasteiger charge is 2.00. The van der Waals surface area contributed by atoms with E-state index in [9.17, 15) is 9.18 Å². The lowest BCUT2D eigenvalue weighted by molar-refractivity contribution is 0.240. The van der Waals surface area contributed by atoms with Crippen LogP contribution in [0, 0.1) is 5.82 Å². The van der Waals surface area contributed by atoms with Crippen molar-refractivity contribution in [3.63, 3.8) is 0 Å². The average molecular weight is 279 g/mol. The maximum atomic E-state index is 12.9. The van der Waals surface area contributed by atoms with Gasteiger partial charge in [-0.25, -0.2) is 9.18 Å². The van der Waals surface area contributed by atoms with Crippen LogP contribution in [0.5, 0.6) is 0 Å². The minimum Gasteiger partial charge on any atom is -0.337 e. The predicted octanol–water partition coefficient (Wildman–Crippen LogP) is 2.44. The van der Waals surface area contributed by atoms with E-state index in [2.05, 4.69) is 29.4 Å². The Morgan fingerprint density at radius 3 is 2.75 bits per heavy atom. The summed E-state index contributed by atoms with van der Waals surface area (Å²) < 4.78 is 12.9. The lowest BCUT2D eigenvalue weighted by Gasteiger charge is -2.17. The molecule has 0 aliphatic carbocycles. The van der Waals surface area contributed by atoms with Gasteiger partial charge >= 0.3 is 6.03 Å². The van der Waals surface area contributed by atoms with E-state index in [1.165, 1.54) is 18.3 Å². The Morgan fingerprint density at radius 2 is 2.10 bits per heavy atom. The van der Waals surface area contributed by atoms with Crippen LogP contribution in [0.3, 0.4) is 0 Å². The predicted molar refractivity (Wildman–Crippen MR) is 79.8 cm³/mol. The van der Waals surface area contributed by atoms with E-state index in [-0.39, 0.29) is 11.8 Å². The van der Waals surface area contributed by atoms with Crippen molar-refractivity contribution in [1.29, 1.82) is 0 Å². The molecule has 0 aliphatic heterocycles. The van der Waals surface area contributed by atoms with Crippen LogP contribution in [0.1, 0.15) is 19.4 Å². The first-order valence-electron chi connectivity index (χ1n) is 6.84. The van der Waals surface area contributed by atoms with Crippen LogP contribution in [0.4, 0.5) is 9.18 Å². The van der Waals surface area contributed by atoms with Gasteiger partial charge in [-0.1, -0.05) is 26.0 Å². The van der Waals surface area contributed by atoms with Gasteiger partial charge in [-0.05, 0) is 36.9 Å². The van der Waals surface area contributed by atoms with Gasteiger partial charge in [0, 0.05) is 19.3 Å². The minimum absolute atomic E-state index is 0.259. The number of carbonyl (C=O) groups excluding carboxylic acids is 1. The summed E-state index contributed by atoms with van der Waals surface area (Å²) in [5.74, 6) is -0.296. The Labute approximate surface area is 119 Å². The van der Waals surface area contributed by atoms with Crippen molar-refractivity contribution in [3.8, 4) is 0 Å². The van der Waals surface area contributed by atoms with Crippen molar-refractivity contribution >= 4 is 12.1 Å². The Bertz CT molecular complexity index is 444. The van der Waals surface area contributed by atoms with Crippen molar-refractivity contribution in [2.24, 2.45) is 0 Å². The van der Waals surface area contributed by atoms with E-state index in [0.29, 0.717) is 12.1 Å². The molecule has 110 valence electrons. The van der Waals surface area contributed by atoms with Crippen molar-refractivity contribution in [3.05, 3.63) is 41.8 Å². The molecule has 0 aliphatic rings. The smallest absolute Gasteiger partial charge is 0.318 e. The zero-order chi connectivity index (χ0) is 14.8. The molecule has 0 radical (unpaired) electrons. The molecule has 1 aromatic carbocycles. The van der Waals surface area contributed by atoms with Crippen LogP contribution in [-0.4, -0.2) is 37.1 Å². The molecule has 0 unspecified atom stereocenters. The summed E-state index contributed by atoms with van der Waals surface area (Å²) in [6.07, 6.45) is 3.15. The molecule has 0 atom stereocenters. The molecule has 20 heavy (non-hydrogen) atoms. The Balaban J connectivity index is 2.26. The van der Waals surface area contributed by atoms with Gasteiger partial charge in [0.1, 0.15) is 5.82 Å². The molecule has 5 heteroatoms. The maximum absolute atomic E-state index is 12.9. The van der Waals surface area contributed by atoms with E-state index < -0.39 is 0 Å². The molecule has 0 spiro atoms. The highest BCUT2D eigenvalue weighted by Crippen LogP contribution is 2.04. The van der Waals surface area contributed by atoms with E-state index in [1.54, 1.807) is 18.2 Å². The zero-order valence-corrected chi connectivity index (χ0v) is 12.0. The molecule has 2 N–H and O–H groups in total. The second-order valence-corrected chi connectivity index (χ2v) is 4.32. The number of hydrogen-bond donors (Lipinski definition) is 2. The molecular formula is C15H22FN3O. The molecule has 0 fully saturated rings. The lowest BCUT2D eigenvalue weighted by Crippen LogP contribution is -2.38. The van der Waals surface area contributed by atoms with Crippen molar-refractivity contribution in [2.75, 3.05) is 26.2 Å². The van der Waals surface area contributed by atoms with Crippen LogP contribution < -0.4 is 10.6 Å². The molecule has 1 rings (SSSR count). The molecule has 1 aromatic rings. The van der Waals surface area contributed by atoms with Gasteiger partial charge in [-0.2, -0.15) is 0 Å². The summed E-state index contributed by atoms with van der Waals surface area (Å²) in [7, 11) is 0. The summed E-state index contributed by atoms with van der Waals surface area (Å²) in [4.78, 5) is 13.7. The molecule has 4 nitrogen and oxygen atoms in total. The fraction of sp³-hybridized carbons (Fsp3) is 0.400. The van der Waals surface area contributed by atoms with Crippen molar-refractivity contribution < 1.29 is 9.18 Å². The second-order valence-electron chi connectivity index (χ2n) is 4.32. The third-order valence-corrected chi connectivity index (χ3v) is 2.95. The first-order chi connectivity index (χ1) is 9.65. The summed E-state index contributed by atoms with van der Waals surface area (Å²) in [6.45, 7) is 7.55. The van der Waals surface area contributed by atoms with Crippen molar-refractivity contribution in [1.82, 2.24) is 15.5 Å². The third kappa shape index (κ3) is 6.33. The maximum Gasteiger partial charge on any atom is 0.318 e. The fourth-order valence-electron chi connectivity index (χ4n) is 1.74. The van der Waals surface area contributed by atoms with Crippen LogP contribution in [-0.2, 0) is 0 Å². The molecule has 0 aromatic heterocycles. The molecule has 0 heterocycles. The van der Waals surface area contributed by atoms with Gasteiger partial charge in [0.05, 0.1) is 0 Å². The number of likely N-dealkylation sites (N-methyl/N-ethyl adjacent to an activating group) is 1. The number of nitrogens with zero attached hydrogens (tertiary/aromatic N) is 1. The Kier molecular flexibility index (Phi) is 7.35. The minimum atomic E-state index is -0.296. The number of carbonyl (C=O) groups is 1. The first kappa shape index (κ1) is 16.2. The number of nitrogens with one attached hydrogen (secondary N) is 2. The standard InChI is InChI=1S/C15H22FN3O/c1-3-19(4-2)11-10-18-15(20)17-9-8-13-6-5-7-14(16)12-13/h5-9,12H,3-4,10-11H2,1-2H3,(H2,17,18,20)/b9-8+. The first-order valence-corrected chi connectivity index (χ1v) is 6.84. The lowest BCUT2D eigenvalue weighted by atomic mass is 10.2. The van der Waals surface area contributed by atoms with Gasteiger partial charge in [-0.3, -0.25) is 0 Å². The highest BCUT2D eigenvalue weighted by atomic mass is 19.1. The summed E-state index contributed by atoms with van der Waals surface area (Å²) in [5, 5.41) is 5.35. The molecular weight excluding hydrogens is 257 g/mol. The molecule has 2 amide bonds. The van der Waals surface area contributed by atoms with Crippen molar-refractivity contribution in [2.45, 2.75) is 13.8 Å². The highest BCUT2D eigenvalue weighted by molar-refractivity contribution is 5.75. The summed E-state index contributed by atoms with van der Waals surface area (Å²) >= 11 is 0. The number of urea groups is 1. The topological polar surface area (TPSA) is 44.4 Å². The zero-order valence-electron chi connectivity index (χ0n) is 12.0. The SMILES string of the molecule is CCN(CC)CCNC(=O)N/C=C/c1cccc(F)c1. The quantitative estimate of drug-likeness (QED) is 0.805. The number of hydrogen-bond acceptors (Lipinski definition) is 2. The van der Waals surface area contributed by atoms with E-state index in [1.807, 2.05) is 0 Å². The van der Waals surface area contributed by atoms with Crippen LogP contribution in [0.15, 0.2) is 30.5 Å². The van der Waals surface area contributed by atoms with Gasteiger partial charge < -0.3 is 15.5 Å². The monoisotopic (exact) mass is 279 g/mol. The summed E-state index contributed by atoms with van der Waals surface area (Å²) in [5.41, 5.74) is 0.702. The normalized spacial score (nSPS) is 11.0. The van der Waals surface area contributed by atoms with Gasteiger partial charge in [0.15, 0.2) is 0 Å². The number of amides is 2. The van der Waals surface area contributed by atoms with Gasteiger partial charge in [0.2, 0.25) is 0 Å². The largest absolute Gasteiger partial charge is 0.337 e. The Morgan fingerprint density at radius 1 is 1.35 bits per heavy atom.